The van der Waals surface area contributed by atoms with Gasteiger partial charge in [0, 0.05) is 0 Å². The number of carbonyl (C=O) groups excluding carboxylic acids is 2. The summed E-state index contributed by atoms with van der Waals surface area (Å²) in [4.78, 5) is 34.2. The van der Waals surface area contributed by atoms with E-state index in [0.717, 1.165) is 0 Å². The van der Waals surface area contributed by atoms with E-state index in [1.807, 2.05) is 0 Å². The van der Waals surface area contributed by atoms with E-state index < -0.39 is 17.9 Å². The summed E-state index contributed by atoms with van der Waals surface area (Å²) < 4.78 is 10.4. The molecule has 224 valence electrons. The van der Waals surface area contributed by atoms with Gasteiger partial charge < -0.3 is 40.1 Å². The summed E-state index contributed by atoms with van der Waals surface area (Å²) in [7, 11) is 0. The normalized spacial score (nSPS) is 9.73. The van der Waals surface area contributed by atoms with E-state index in [9.17, 15) is 24.6 Å². The molecule has 0 fully saturated rings. The number of esters is 2. The van der Waals surface area contributed by atoms with Crippen molar-refractivity contribution in [2.45, 2.75) is 0 Å². The Labute approximate surface area is 250 Å². The number of aromatic carboxylic acids is 1. The topological polar surface area (TPSA) is 191 Å². The maximum atomic E-state index is 12.0. The Morgan fingerprint density at radius 3 is 0.841 bits per heavy atom. The van der Waals surface area contributed by atoms with E-state index in [1.165, 1.54) is 121 Å². The first kappa shape index (κ1) is 32.0. The first-order valence-electron chi connectivity index (χ1n) is 12.6. The van der Waals surface area contributed by atoms with Crippen molar-refractivity contribution in [3.8, 4) is 40.2 Å². The number of carbonyl (C=O) groups is 3. The Morgan fingerprint density at radius 1 is 0.364 bits per heavy atom. The lowest BCUT2D eigenvalue weighted by atomic mass is 10.2. The van der Waals surface area contributed by atoms with Gasteiger partial charge in [-0.15, -0.1) is 0 Å². The second-order valence-electron chi connectivity index (χ2n) is 8.71. The largest absolute Gasteiger partial charge is 0.508 e. The van der Waals surface area contributed by atoms with Gasteiger partial charge in [-0.05, 0) is 121 Å². The third-order valence-electron chi connectivity index (χ3n) is 5.41. The molecular weight excluding hydrogens is 572 g/mol. The second-order valence-corrected chi connectivity index (χ2v) is 8.71. The van der Waals surface area contributed by atoms with Gasteiger partial charge in [-0.1, -0.05) is 0 Å². The summed E-state index contributed by atoms with van der Waals surface area (Å²) >= 11 is 0. The van der Waals surface area contributed by atoms with Crippen LogP contribution in [0.4, 0.5) is 0 Å². The number of phenolic OH excluding ortho intramolecular Hbond substituents is 5. The van der Waals surface area contributed by atoms with Crippen LogP contribution in [-0.4, -0.2) is 48.5 Å². The number of ether oxygens (including phenoxy) is 2. The number of phenols is 5. The average molecular weight is 599 g/mol. The van der Waals surface area contributed by atoms with E-state index in [0.29, 0.717) is 11.1 Å². The lowest BCUT2D eigenvalue weighted by molar-refractivity contribution is 0.0693. The fourth-order valence-electron chi connectivity index (χ4n) is 3.16. The van der Waals surface area contributed by atoms with E-state index in [4.69, 9.17) is 29.9 Å². The van der Waals surface area contributed by atoms with Gasteiger partial charge in [-0.3, -0.25) is 0 Å². The molecule has 6 N–H and O–H groups in total. The molecule has 44 heavy (non-hydrogen) atoms. The van der Waals surface area contributed by atoms with Crippen LogP contribution in [0.5, 0.6) is 40.2 Å². The van der Waals surface area contributed by atoms with Crippen LogP contribution >= 0.6 is 0 Å². The first-order valence-corrected chi connectivity index (χ1v) is 12.6. The highest BCUT2D eigenvalue weighted by Gasteiger charge is 2.11. The molecule has 11 heteroatoms. The van der Waals surface area contributed by atoms with Gasteiger partial charge in [0.2, 0.25) is 0 Å². The zero-order valence-electron chi connectivity index (χ0n) is 22.8. The van der Waals surface area contributed by atoms with Crippen LogP contribution in [0.1, 0.15) is 31.1 Å². The quantitative estimate of drug-likeness (QED) is 0.0823. The Balaban J connectivity index is 0.000000238. The number of rotatable bonds is 5. The molecule has 0 bridgehead atoms. The van der Waals surface area contributed by atoms with Gasteiger partial charge in [-0.25, -0.2) is 14.4 Å². The zero-order chi connectivity index (χ0) is 32.1. The fourth-order valence-corrected chi connectivity index (χ4v) is 3.16. The standard InChI is InChI=1S/C20H14O6.C7H6O3.C6H6O2/c21-15-5-1-13(2-6-15)19(23)25-17-9-11-18(12-10-17)26-20(24)14-3-7-16(22)8-4-14;8-6-3-1-5(2-4-6)7(9)10;7-5-1-2-6(8)4-3-5/h1-12,21-22H;1-4,8H,(H,9,10);1-4,7-8H. The van der Waals surface area contributed by atoms with Crippen LogP contribution in [-0.2, 0) is 0 Å². The number of benzene rings is 5. The Hall–Kier alpha value is -6.49. The highest BCUT2D eigenvalue weighted by atomic mass is 16.5. The number of hydrogen-bond donors (Lipinski definition) is 6. The number of carboxylic acid groups (broad SMARTS) is 1. The number of aromatic hydroxyl groups is 5. The van der Waals surface area contributed by atoms with Crippen LogP contribution in [0.3, 0.4) is 0 Å². The van der Waals surface area contributed by atoms with Crippen molar-refractivity contribution in [1.82, 2.24) is 0 Å². The third-order valence-corrected chi connectivity index (χ3v) is 5.41. The molecule has 0 radical (unpaired) electrons. The van der Waals surface area contributed by atoms with Gasteiger partial charge >= 0.3 is 17.9 Å². The van der Waals surface area contributed by atoms with Crippen molar-refractivity contribution in [2.75, 3.05) is 0 Å². The van der Waals surface area contributed by atoms with Crippen molar-refractivity contribution in [3.05, 3.63) is 138 Å². The molecular formula is C33H26O11. The van der Waals surface area contributed by atoms with Gasteiger partial charge in [0.1, 0.15) is 40.2 Å². The average Bonchev–Trinajstić information content (AvgIpc) is 3.01. The molecule has 0 aromatic heterocycles. The third kappa shape index (κ3) is 10.5. The van der Waals surface area contributed by atoms with Crippen LogP contribution in [0.2, 0.25) is 0 Å². The van der Waals surface area contributed by atoms with Gasteiger partial charge in [0.15, 0.2) is 0 Å². The van der Waals surface area contributed by atoms with Crippen molar-refractivity contribution in [1.29, 1.82) is 0 Å². The van der Waals surface area contributed by atoms with Crippen molar-refractivity contribution >= 4 is 17.9 Å². The number of hydrogen-bond acceptors (Lipinski definition) is 10. The summed E-state index contributed by atoms with van der Waals surface area (Å²) in [5.41, 5.74) is 0.772. The zero-order valence-corrected chi connectivity index (χ0v) is 22.8. The maximum Gasteiger partial charge on any atom is 0.343 e. The lowest BCUT2D eigenvalue weighted by Crippen LogP contribution is -2.09. The minimum atomic E-state index is -0.986. The number of carboxylic acids is 1. The minimum Gasteiger partial charge on any atom is -0.508 e. The molecule has 0 saturated carbocycles. The molecule has 0 spiro atoms. The lowest BCUT2D eigenvalue weighted by Gasteiger charge is -2.07. The smallest absolute Gasteiger partial charge is 0.343 e. The van der Waals surface area contributed by atoms with Crippen molar-refractivity contribution < 1.29 is 54.5 Å². The SMILES string of the molecule is O=C(O)c1ccc(O)cc1.O=C(Oc1ccc(OC(=O)c2ccc(O)cc2)cc1)c1ccc(O)cc1.Oc1ccc(O)cc1. The molecule has 0 atom stereocenters. The Bertz CT molecular complexity index is 1560. The second kappa shape index (κ2) is 15.5. The van der Waals surface area contributed by atoms with E-state index in [-0.39, 0.29) is 45.8 Å². The molecule has 0 aliphatic rings. The fraction of sp³-hybridized carbons (Fsp3) is 0. The Kier molecular flexibility index (Phi) is 11.3. The Morgan fingerprint density at radius 2 is 0.591 bits per heavy atom. The van der Waals surface area contributed by atoms with Crippen LogP contribution in [0, 0.1) is 0 Å². The van der Waals surface area contributed by atoms with Crippen LogP contribution in [0.25, 0.3) is 0 Å². The molecule has 0 aliphatic carbocycles. The van der Waals surface area contributed by atoms with Gasteiger partial charge in [0.05, 0.1) is 16.7 Å². The molecule has 0 heterocycles. The molecule has 0 unspecified atom stereocenters. The summed E-state index contributed by atoms with van der Waals surface area (Å²) in [6.45, 7) is 0. The summed E-state index contributed by atoms with van der Waals surface area (Å²) in [5.74, 6) is -1.03. The van der Waals surface area contributed by atoms with Crippen molar-refractivity contribution in [3.63, 3.8) is 0 Å². The minimum absolute atomic E-state index is 0.0568. The highest BCUT2D eigenvalue weighted by Crippen LogP contribution is 2.21. The molecule has 0 amide bonds. The molecule has 5 aromatic carbocycles. The van der Waals surface area contributed by atoms with Crippen molar-refractivity contribution in [2.24, 2.45) is 0 Å². The van der Waals surface area contributed by atoms with Gasteiger partial charge in [0.25, 0.3) is 0 Å². The molecule has 5 rings (SSSR count). The molecule has 11 nitrogen and oxygen atoms in total. The predicted molar refractivity (Wildman–Crippen MR) is 157 cm³/mol. The molecule has 0 saturated heterocycles. The van der Waals surface area contributed by atoms with Crippen LogP contribution in [0.15, 0.2) is 121 Å². The summed E-state index contributed by atoms with van der Waals surface area (Å²) in [6, 6.07) is 28.4. The van der Waals surface area contributed by atoms with E-state index in [2.05, 4.69) is 0 Å². The van der Waals surface area contributed by atoms with E-state index >= 15 is 0 Å². The summed E-state index contributed by atoms with van der Waals surface area (Å²) in [5, 5.41) is 52.9. The van der Waals surface area contributed by atoms with Crippen LogP contribution < -0.4 is 9.47 Å². The molecule has 0 aliphatic heterocycles. The summed E-state index contributed by atoms with van der Waals surface area (Å²) in [6.07, 6.45) is 0. The highest BCUT2D eigenvalue weighted by molar-refractivity contribution is 5.92. The predicted octanol–water partition coefficient (Wildman–Crippen LogP) is 5.72. The van der Waals surface area contributed by atoms with E-state index in [1.54, 1.807) is 0 Å². The maximum absolute atomic E-state index is 12.0. The van der Waals surface area contributed by atoms with Gasteiger partial charge in [-0.2, -0.15) is 0 Å². The monoisotopic (exact) mass is 598 g/mol. The first-order chi connectivity index (χ1) is 21.0. The molecule has 5 aromatic rings.